The maximum atomic E-state index is 8.25. The molecule has 0 aromatic rings. The van der Waals surface area contributed by atoms with E-state index < -0.39 is 10.2 Å². The highest BCUT2D eigenvalue weighted by molar-refractivity contribution is 4.45. The standard InChI is InChI=1S/2C12H28N.2NO3/c2*1-5-9-13(10-6-2,11-7-3)12-8-4;2*2-1(3)4/h2*5-12H2,1-4H3;;/q2*+1;2*-1. The van der Waals surface area contributed by atoms with E-state index in [0.717, 1.165) is 0 Å². The first-order valence-electron chi connectivity index (χ1n) is 13.3. The summed E-state index contributed by atoms with van der Waals surface area (Å²) in [7, 11) is 0. The van der Waals surface area contributed by atoms with Gasteiger partial charge in [0.1, 0.15) is 0 Å². The SMILES string of the molecule is CCC[N+](CCC)(CCC)CCC.CCC[N+](CCC)(CCC)CCC.O=[N+]([O-])[O-].O=[N+]([O-])[O-]. The maximum absolute atomic E-state index is 8.25. The quantitative estimate of drug-likeness (QED) is 0.138. The molecule has 10 heteroatoms. The van der Waals surface area contributed by atoms with Crippen LogP contribution in [0.25, 0.3) is 0 Å². The summed E-state index contributed by atoms with van der Waals surface area (Å²) in [5, 5.41) is 29.5. The Bertz CT molecular complexity index is 346. The molecule has 0 aliphatic rings. The third-order valence-corrected chi connectivity index (χ3v) is 5.58. The Hall–Kier alpha value is -1.68. The number of nitrogens with zero attached hydrogens (tertiary/aromatic N) is 4. The van der Waals surface area contributed by atoms with Crippen molar-refractivity contribution in [3.63, 3.8) is 0 Å². The normalized spacial score (nSPS) is 10.6. The first kappa shape index (κ1) is 39.5. The predicted molar refractivity (Wildman–Crippen MR) is 143 cm³/mol. The van der Waals surface area contributed by atoms with Gasteiger partial charge in [-0.3, -0.25) is 0 Å². The largest absolute Gasteiger partial charge is 0.356 e. The predicted octanol–water partition coefficient (Wildman–Crippen LogP) is 6.41. The summed E-state index contributed by atoms with van der Waals surface area (Å²) < 4.78 is 2.75. The van der Waals surface area contributed by atoms with Crippen LogP contribution in [0.1, 0.15) is 107 Å². The summed E-state index contributed by atoms with van der Waals surface area (Å²) in [5.41, 5.74) is 0. The topological polar surface area (TPSA) is 132 Å². The minimum absolute atomic E-state index is 1.33. The number of hydrogen-bond acceptors (Lipinski definition) is 6. The van der Waals surface area contributed by atoms with Gasteiger partial charge in [0.25, 0.3) is 0 Å². The summed E-state index contributed by atoms with van der Waals surface area (Å²) in [6, 6.07) is 0. The third-order valence-electron chi connectivity index (χ3n) is 5.58. The van der Waals surface area contributed by atoms with Gasteiger partial charge in [0.05, 0.1) is 62.5 Å². The van der Waals surface area contributed by atoms with E-state index in [9.17, 15) is 0 Å². The van der Waals surface area contributed by atoms with Gasteiger partial charge in [-0.05, 0) is 51.4 Å². The van der Waals surface area contributed by atoms with E-state index in [0.29, 0.717) is 0 Å². The second-order valence-corrected chi connectivity index (χ2v) is 8.92. The lowest BCUT2D eigenvalue weighted by molar-refractivity contribution is -0.928. The van der Waals surface area contributed by atoms with Crippen molar-refractivity contribution in [2.45, 2.75) is 107 Å². The van der Waals surface area contributed by atoms with Gasteiger partial charge in [-0.1, -0.05) is 55.4 Å². The molecular formula is C24H56N4O6. The Balaban J connectivity index is -0.000000201. The van der Waals surface area contributed by atoms with Gasteiger partial charge < -0.3 is 39.6 Å². The molecule has 10 nitrogen and oxygen atoms in total. The summed E-state index contributed by atoms with van der Waals surface area (Å²) in [6.07, 6.45) is 10.7. The Morgan fingerprint density at radius 2 is 0.471 bits per heavy atom. The van der Waals surface area contributed by atoms with E-state index >= 15 is 0 Å². The number of quaternary nitrogens is 2. The van der Waals surface area contributed by atoms with Crippen molar-refractivity contribution in [1.29, 1.82) is 0 Å². The van der Waals surface area contributed by atoms with Crippen LogP contribution in [0.4, 0.5) is 0 Å². The van der Waals surface area contributed by atoms with Crippen LogP contribution in [0.5, 0.6) is 0 Å². The lowest BCUT2D eigenvalue weighted by Gasteiger charge is -2.38. The Morgan fingerprint density at radius 1 is 0.382 bits per heavy atom. The molecule has 0 rings (SSSR count). The van der Waals surface area contributed by atoms with Crippen molar-refractivity contribution in [3.8, 4) is 0 Å². The van der Waals surface area contributed by atoms with Crippen molar-refractivity contribution in [3.05, 3.63) is 30.6 Å². The molecule has 0 aromatic heterocycles. The molecule has 0 N–H and O–H groups in total. The van der Waals surface area contributed by atoms with E-state index in [1.807, 2.05) is 0 Å². The highest BCUT2D eigenvalue weighted by Gasteiger charge is 2.23. The molecule has 0 radical (unpaired) electrons. The zero-order valence-corrected chi connectivity index (χ0v) is 23.6. The average Bonchev–Trinajstić information content (AvgIpc) is 2.69. The van der Waals surface area contributed by atoms with Crippen LogP contribution in [-0.2, 0) is 0 Å². The van der Waals surface area contributed by atoms with E-state index in [1.54, 1.807) is 0 Å². The molecule has 0 aliphatic heterocycles. The highest BCUT2D eigenvalue weighted by Crippen LogP contribution is 2.13. The fourth-order valence-corrected chi connectivity index (χ4v) is 5.14. The molecule has 34 heavy (non-hydrogen) atoms. The van der Waals surface area contributed by atoms with Crippen molar-refractivity contribution in [2.24, 2.45) is 0 Å². The smallest absolute Gasteiger partial charge is 0.0783 e. The van der Waals surface area contributed by atoms with E-state index in [-0.39, 0.29) is 0 Å². The maximum Gasteiger partial charge on any atom is 0.0783 e. The molecular weight excluding hydrogens is 440 g/mol. The van der Waals surface area contributed by atoms with Gasteiger partial charge in [0.15, 0.2) is 0 Å². The Morgan fingerprint density at radius 3 is 0.529 bits per heavy atom. The molecule has 0 aliphatic carbocycles. The van der Waals surface area contributed by atoms with Crippen molar-refractivity contribution in [2.75, 3.05) is 52.4 Å². The van der Waals surface area contributed by atoms with Gasteiger partial charge in [-0.15, -0.1) is 0 Å². The average molecular weight is 497 g/mol. The van der Waals surface area contributed by atoms with Crippen LogP contribution in [0, 0.1) is 30.6 Å². The van der Waals surface area contributed by atoms with Crippen LogP contribution >= 0.6 is 0 Å². The fraction of sp³-hybridized carbons (Fsp3) is 1.00. The van der Waals surface area contributed by atoms with Gasteiger partial charge in [-0.2, -0.15) is 0 Å². The van der Waals surface area contributed by atoms with Gasteiger partial charge >= 0.3 is 0 Å². The minimum atomic E-state index is -1.75. The molecule has 0 spiro atoms. The lowest BCUT2D eigenvalue weighted by Crippen LogP contribution is -2.50. The summed E-state index contributed by atoms with van der Waals surface area (Å²) in [5.74, 6) is 0. The highest BCUT2D eigenvalue weighted by atomic mass is 16.9. The second kappa shape index (κ2) is 27.6. The summed E-state index contributed by atoms with van der Waals surface area (Å²) in [6.45, 7) is 29.6. The van der Waals surface area contributed by atoms with E-state index in [1.165, 1.54) is 113 Å². The van der Waals surface area contributed by atoms with Crippen LogP contribution in [0.15, 0.2) is 0 Å². The van der Waals surface area contributed by atoms with Gasteiger partial charge in [0.2, 0.25) is 0 Å². The van der Waals surface area contributed by atoms with Crippen LogP contribution in [-0.4, -0.2) is 71.5 Å². The monoisotopic (exact) mass is 496 g/mol. The summed E-state index contributed by atoms with van der Waals surface area (Å²) in [4.78, 5) is 16.5. The van der Waals surface area contributed by atoms with Crippen LogP contribution in [0.2, 0.25) is 0 Å². The van der Waals surface area contributed by atoms with Crippen molar-refractivity contribution >= 4 is 0 Å². The van der Waals surface area contributed by atoms with Crippen molar-refractivity contribution < 1.29 is 19.1 Å². The zero-order chi connectivity index (χ0) is 27.5. The second-order valence-electron chi connectivity index (χ2n) is 8.92. The zero-order valence-electron chi connectivity index (χ0n) is 23.6. The molecule has 0 saturated carbocycles. The molecule has 0 heterocycles. The lowest BCUT2D eigenvalue weighted by atomic mass is 10.2. The minimum Gasteiger partial charge on any atom is -0.356 e. The first-order chi connectivity index (χ1) is 15.9. The van der Waals surface area contributed by atoms with Gasteiger partial charge in [-0.25, -0.2) is 0 Å². The number of hydrogen-bond donors (Lipinski definition) is 0. The molecule has 0 saturated heterocycles. The van der Waals surface area contributed by atoms with E-state index in [4.69, 9.17) is 30.6 Å². The molecule has 0 fully saturated rings. The van der Waals surface area contributed by atoms with Gasteiger partial charge in [0, 0.05) is 0 Å². The molecule has 0 atom stereocenters. The van der Waals surface area contributed by atoms with Crippen molar-refractivity contribution in [1.82, 2.24) is 0 Å². The Kier molecular flexibility index (Phi) is 32.0. The fourth-order valence-electron chi connectivity index (χ4n) is 5.14. The van der Waals surface area contributed by atoms with Crippen LogP contribution in [0.3, 0.4) is 0 Å². The third kappa shape index (κ3) is 28.4. The molecule has 0 unspecified atom stereocenters. The molecule has 208 valence electrons. The molecule has 0 aromatic carbocycles. The van der Waals surface area contributed by atoms with Crippen LogP contribution < -0.4 is 0 Å². The molecule has 0 amide bonds. The first-order valence-corrected chi connectivity index (χ1v) is 13.3. The Labute approximate surface area is 209 Å². The summed E-state index contributed by atoms with van der Waals surface area (Å²) >= 11 is 0. The molecule has 0 bridgehead atoms. The van der Waals surface area contributed by atoms with E-state index in [2.05, 4.69) is 55.4 Å². The number of rotatable bonds is 16.